The van der Waals surface area contributed by atoms with Crippen LogP contribution in [-0.4, -0.2) is 39.4 Å². The molecule has 0 spiro atoms. The SMILES string of the molecule is Cc1nn(-c2cccc(Cl)c2)nc1C(=O)N(C)CC(C)C. The van der Waals surface area contributed by atoms with Crippen molar-refractivity contribution in [2.45, 2.75) is 20.8 Å². The van der Waals surface area contributed by atoms with Gasteiger partial charge in [0, 0.05) is 18.6 Å². The van der Waals surface area contributed by atoms with Crippen LogP contribution in [0.5, 0.6) is 0 Å². The van der Waals surface area contributed by atoms with E-state index in [9.17, 15) is 4.79 Å². The zero-order valence-electron chi connectivity index (χ0n) is 12.7. The molecule has 2 rings (SSSR count). The van der Waals surface area contributed by atoms with Crippen LogP contribution in [0.1, 0.15) is 30.0 Å². The molecule has 0 radical (unpaired) electrons. The third-order valence-corrected chi connectivity index (χ3v) is 3.24. The predicted molar refractivity (Wildman–Crippen MR) is 82.9 cm³/mol. The normalized spacial score (nSPS) is 11.0. The van der Waals surface area contributed by atoms with E-state index in [0.29, 0.717) is 28.9 Å². The van der Waals surface area contributed by atoms with Crippen LogP contribution in [-0.2, 0) is 0 Å². The Kier molecular flexibility index (Phi) is 4.63. The number of hydrogen-bond donors (Lipinski definition) is 0. The number of carbonyl (C=O) groups is 1. The monoisotopic (exact) mass is 306 g/mol. The summed E-state index contributed by atoms with van der Waals surface area (Å²) in [5.74, 6) is 0.289. The van der Waals surface area contributed by atoms with Crippen LogP contribution in [0.4, 0.5) is 0 Å². The maximum Gasteiger partial charge on any atom is 0.276 e. The molecule has 0 bridgehead atoms. The molecule has 0 unspecified atom stereocenters. The van der Waals surface area contributed by atoms with E-state index in [0.717, 1.165) is 5.69 Å². The summed E-state index contributed by atoms with van der Waals surface area (Å²) in [6, 6.07) is 7.21. The summed E-state index contributed by atoms with van der Waals surface area (Å²) in [6.07, 6.45) is 0. The molecule has 0 aliphatic rings. The van der Waals surface area contributed by atoms with Gasteiger partial charge in [0.2, 0.25) is 0 Å². The molecule has 0 fully saturated rings. The molecule has 1 amide bonds. The minimum Gasteiger partial charge on any atom is -0.340 e. The highest BCUT2D eigenvalue weighted by Crippen LogP contribution is 2.15. The van der Waals surface area contributed by atoms with Gasteiger partial charge in [0.1, 0.15) is 0 Å². The van der Waals surface area contributed by atoms with E-state index in [4.69, 9.17) is 11.6 Å². The van der Waals surface area contributed by atoms with E-state index in [1.165, 1.54) is 4.80 Å². The van der Waals surface area contributed by atoms with Crippen molar-refractivity contribution in [1.29, 1.82) is 0 Å². The molecule has 112 valence electrons. The van der Waals surface area contributed by atoms with Crippen molar-refractivity contribution in [3.8, 4) is 5.69 Å². The topological polar surface area (TPSA) is 51.0 Å². The molecule has 1 heterocycles. The van der Waals surface area contributed by atoms with Crippen molar-refractivity contribution in [2.24, 2.45) is 5.92 Å². The number of carbonyl (C=O) groups excluding carboxylic acids is 1. The Morgan fingerprint density at radius 2 is 2.10 bits per heavy atom. The number of aryl methyl sites for hydroxylation is 1. The molecule has 0 aliphatic carbocycles. The van der Waals surface area contributed by atoms with Crippen molar-refractivity contribution in [3.05, 3.63) is 40.7 Å². The standard InChI is InChI=1S/C15H19ClN4O/c1-10(2)9-19(4)15(21)14-11(3)17-20(18-14)13-7-5-6-12(16)8-13/h5-8,10H,9H2,1-4H3. The number of aromatic nitrogens is 3. The molecule has 0 N–H and O–H groups in total. The van der Waals surface area contributed by atoms with Gasteiger partial charge in [0.15, 0.2) is 5.69 Å². The summed E-state index contributed by atoms with van der Waals surface area (Å²) in [7, 11) is 1.78. The molecule has 21 heavy (non-hydrogen) atoms. The van der Waals surface area contributed by atoms with Gasteiger partial charge in [-0.1, -0.05) is 31.5 Å². The lowest BCUT2D eigenvalue weighted by Gasteiger charge is -2.18. The lowest BCUT2D eigenvalue weighted by atomic mass is 10.2. The summed E-state index contributed by atoms with van der Waals surface area (Å²) in [5.41, 5.74) is 1.71. The molecule has 0 saturated heterocycles. The minimum absolute atomic E-state index is 0.116. The molecule has 0 atom stereocenters. The fourth-order valence-electron chi connectivity index (χ4n) is 2.10. The number of amides is 1. The smallest absolute Gasteiger partial charge is 0.276 e. The van der Waals surface area contributed by atoms with Crippen LogP contribution in [0, 0.1) is 12.8 Å². The Bertz CT molecular complexity index is 651. The highest BCUT2D eigenvalue weighted by molar-refractivity contribution is 6.30. The fourth-order valence-corrected chi connectivity index (χ4v) is 2.29. The zero-order chi connectivity index (χ0) is 15.6. The molecule has 0 aliphatic heterocycles. The summed E-state index contributed by atoms with van der Waals surface area (Å²) in [6.45, 7) is 6.60. The minimum atomic E-state index is -0.116. The molecule has 1 aromatic heterocycles. The van der Waals surface area contributed by atoms with E-state index in [2.05, 4.69) is 24.0 Å². The number of hydrogen-bond acceptors (Lipinski definition) is 3. The van der Waals surface area contributed by atoms with Gasteiger partial charge in [-0.3, -0.25) is 4.79 Å². The molecule has 0 saturated carbocycles. The van der Waals surface area contributed by atoms with Crippen LogP contribution >= 0.6 is 11.6 Å². The Hall–Kier alpha value is -1.88. The van der Waals surface area contributed by atoms with Gasteiger partial charge in [-0.25, -0.2) is 0 Å². The Morgan fingerprint density at radius 1 is 1.38 bits per heavy atom. The Balaban J connectivity index is 2.29. The third-order valence-electron chi connectivity index (χ3n) is 3.01. The van der Waals surface area contributed by atoms with E-state index in [-0.39, 0.29) is 5.91 Å². The summed E-state index contributed by atoms with van der Waals surface area (Å²) in [5, 5.41) is 9.21. The predicted octanol–water partition coefficient (Wildman–Crippen LogP) is 2.96. The van der Waals surface area contributed by atoms with Gasteiger partial charge in [0.25, 0.3) is 5.91 Å². The summed E-state index contributed by atoms with van der Waals surface area (Å²) >= 11 is 5.97. The largest absolute Gasteiger partial charge is 0.340 e. The van der Waals surface area contributed by atoms with Crippen LogP contribution in [0.25, 0.3) is 5.69 Å². The summed E-state index contributed by atoms with van der Waals surface area (Å²) in [4.78, 5) is 15.5. The van der Waals surface area contributed by atoms with Gasteiger partial charge in [-0.05, 0) is 31.0 Å². The van der Waals surface area contributed by atoms with E-state index >= 15 is 0 Å². The van der Waals surface area contributed by atoms with Crippen LogP contribution in [0.15, 0.2) is 24.3 Å². The van der Waals surface area contributed by atoms with Gasteiger partial charge < -0.3 is 4.90 Å². The van der Waals surface area contributed by atoms with Crippen molar-refractivity contribution in [3.63, 3.8) is 0 Å². The van der Waals surface area contributed by atoms with E-state index < -0.39 is 0 Å². The van der Waals surface area contributed by atoms with Gasteiger partial charge in [-0.15, -0.1) is 5.10 Å². The second-order valence-electron chi connectivity index (χ2n) is 5.48. The lowest BCUT2D eigenvalue weighted by Crippen LogP contribution is -2.31. The Labute approximate surface area is 129 Å². The maximum absolute atomic E-state index is 12.4. The molecular formula is C15H19ClN4O. The van der Waals surface area contributed by atoms with Gasteiger partial charge >= 0.3 is 0 Å². The van der Waals surface area contributed by atoms with Crippen LogP contribution < -0.4 is 0 Å². The number of nitrogens with zero attached hydrogens (tertiary/aromatic N) is 4. The van der Waals surface area contributed by atoms with Crippen LogP contribution in [0.3, 0.4) is 0 Å². The quantitative estimate of drug-likeness (QED) is 0.872. The third kappa shape index (κ3) is 3.61. The number of rotatable bonds is 4. The molecule has 1 aromatic carbocycles. The lowest BCUT2D eigenvalue weighted by molar-refractivity contribution is 0.0772. The molecular weight excluding hydrogens is 288 g/mol. The molecule has 5 nitrogen and oxygen atoms in total. The average molecular weight is 307 g/mol. The second kappa shape index (κ2) is 6.26. The highest BCUT2D eigenvalue weighted by atomic mass is 35.5. The highest BCUT2D eigenvalue weighted by Gasteiger charge is 2.20. The first-order valence-electron chi connectivity index (χ1n) is 6.84. The van der Waals surface area contributed by atoms with Gasteiger partial charge in [0.05, 0.1) is 11.4 Å². The second-order valence-corrected chi connectivity index (χ2v) is 5.92. The first-order chi connectivity index (χ1) is 9.88. The van der Waals surface area contributed by atoms with Crippen molar-refractivity contribution >= 4 is 17.5 Å². The molecule has 2 aromatic rings. The fraction of sp³-hybridized carbons (Fsp3) is 0.400. The summed E-state index contributed by atoms with van der Waals surface area (Å²) < 4.78 is 0. The van der Waals surface area contributed by atoms with Gasteiger partial charge in [-0.2, -0.15) is 9.90 Å². The first-order valence-corrected chi connectivity index (χ1v) is 7.21. The van der Waals surface area contributed by atoms with Crippen molar-refractivity contribution < 1.29 is 4.79 Å². The van der Waals surface area contributed by atoms with Crippen molar-refractivity contribution in [1.82, 2.24) is 19.9 Å². The molecule has 6 heteroatoms. The number of benzene rings is 1. The maximum atomic E-state index is 12.4. The van der Waals surface area contributed by atoms with E-state index in [1.807, 2.05) is 12.1 Å². The first kappa shape index (κ1) is 15.5. The van der Waals surface area contributed by atoms with E-state index in [1.54, 1.807) is 31.0 Å². The number of halogens is 1. The average Bonchev–Trinajstić information content (AvgIpc) is 2.79. The Morgan fingerprint density at radius 3 is 2.71 bits per heavy atom. The zero-order valence-corrected chi connectivity index (χ0v) is 13.4. The van der Waals surface area contributed by atoms with Crippen LogP contribution in [0.2, 0.25) is 5.02 Å². The van der Waals surface area contributed by atoms with Crippen molar-refractivity contribution in [2.75, 3.05) is 13.6 Å².